The van der Waals surface area contributed by atoms with E-state index in [1.807, 2.05) is 38.1 Å². The molecular weight excluding hydrogens is 155 g/mol. The van der Waals surface area contributed by atoms with Crippen molar-refractivity contribution in [2.75, 3.05) is 0 Å². The van der Waals surface area contributed by atoms with Gasteiger partial charge in [0, 0.05) is 0 Å². The molecule has 0 spiro atoms. The van der Waals surface area contributed by atoms with Crippen LogP contribution in [0.2, 0.25) is 0 Å². The van der Waals surface area contributed by atoms with E-state index in [2.05, 4.69) is 9.24 Å². The Morgan fingerprint density at radius 1 is 1.36 bits per heavy atom. The summed E-state index contributed by atoms with van der Waals surface area (Å²) in [7, 11) is 2.64. The highest BCUT2D eigenvalue weighted by molar-refractivity contribution is 7.27. The molecule has 0 heterocycles. The number of hydrogen-bond acceptors (Lipinski definition) is 1. The van der Waals surface area contributed by atoms with Crippen LogP contribution in [0.3, 0.4) is 0 Å². The van der Waals surface area contributed by atoms with Crippen molar-refractivity contribution in [3.05, 3.63) is 24.3 Å². The highest BCUT2D eigenvalue weighted by Gasteiger charge is 1.95. The summed E-state index contributed by atoms with van der Waals surface area (Å²) in [5.74, 6) is 0.938. The van der Waals surface area contributed by atoms with E-state index in [9.17, 15) is 0 Å². The molecule has 0 N–H and O–H groups in total. The Labute approximate surface area is 70.0 Å². The van der Waals surface area contributed by atoms with E-state index < -0.39 is 0 Å². The van der Waals surface area contributed by atoms with Gasteiger partial charge < -0.3 is 4.74 Å². The highest BCUT2D eigenvalue weighted by atomic mass is 31.0. The third-order valence-corrected chi connectivity index (χ3v) is 1.59. The van der Waals surface area contributed by atoms with E-state index in [-0.39, 0.29) is 6.10 Å². The molecule has 0 saturated heterocycles. The minimum absolute atomic E-state index is 0.252. The van der Waals surface area contributed by atoms with Crippen LogP contribution in [0.15, 0.2) is 24.3 Å². The van der Waals surface area contributed by atoms with Crippen molar-refractivity contribution in [1.29, 1.82) is 0 Å². The quantitative estimate of drug-likeness (QED) is 0.613. The first-order chi connectivity index (χ1) is 5.18. The van der Waals surface area contributed by atoms with Crippen molar-refractivity contribution in [1.82, 2.24) is 0 Å². The molecule has 2 heteroatoms. The summed E-state index contributed by atoms with van der Waals surface area (Å²) in [6.45, 7) is 4.05. The molecule has 0 saturated carbocycles. The van der Waals surface area contributed by atoms with Gasteiger partial charge in [0.15, 0.2) is 0 Å². The zero-order chi connectivity index (χ0) is 8.27. The van der Waals surface area contributed by atoms with Gasteiger partial charge >= 0.3 is 0 Å². The largest absolute Gasteiger partial charge is 0.491 e. The van der Waals surface area contributed by atoms with Crippen molar-refractivity contribution in [2.24, 2.45) is 0 Å². The topological polar surface area (TPSA) is 9.23 Å². The Morgan fingerprint density at radius 2 is 2.09 bits per heavy atom. The predicted octanol–water partition coefficient (Wildman–Crippen LogP) is 1.97. The molecule has 0 aromatic heterocycles. The Hall–Kier alpha value is -0.550. The zero-order valence-electron chi connectivity index (χ0n) is 6.87. The first-order valence-corrected chi connectivity index (χ1v) is 4.28. The van der Waals surface area contributed by atoms with E-state index in [0.717, 1.165) is 11.1 Å². The van der Waals surface area contributed by atoms with Crippen molar-refractivity contribution >= 4 is 14.5 Å². The van der Waals surface area contributed by atoms with Gasteiger partial charge in [-0.2, -0.15) is 0 Å². The standard InChI is InChI=1S/C9H13OP/c1-7(2)10-8-4-3-5-9(11)6-8/h3-7H,11H2,1-2H3. The molecule has 0 aliphatic heterocycles. The number of rotatable bonds is 2. The fourth-order valence-corrected chi connectivity index (χ4v) is 1.14. The molecule has 1 unspecified atom stereocenters. The van der Waals surface area contributed by atoms with Crippen LogP contribution in [0.5, 0.6) is 5.75 Å². The zero-order valence-corrected chi connectivity index (χ0v) is 8.03. The molecule has 1 rings (SSSR count). The van der Waals surface area contributed by atoms with Gasteiger partial charge in [0.25, 0.3) is 0 Å². The Balaban J connectivity index is 2.71. The minimum atomic E-state index is 0.252. The average molecular weight is 168 g/mol. The molecule has 1 nitrogen and oxygen atoms in total. The van der Waals surface area contributed by atoms with Crippen LogP contribution in [0.1, 0.15) is 13.8 Å². The van der Waals surface area contributed by atoms with Gasteiger partial charge in [0.1, 0.15) is 5.75 Å². The second-order valence-corrected chi connectivity index (χ2v) is 3.41. The van der Waals surface area contributed by atoms with Gasteiger partial charge in [-0.1, -0.05) is 12.1 Å². The lowest BCUT2D eigenvalue weighted by Gasteiger charge is -2.09. The SMILES string of the molecule is CC(C)Oc1cccc(P)c1. The van der Waals surface area contributed by atoms with Crippen molar-refractivity contribution in [3.8, 4) is 5.75 Å². The smallest absolute Gasteiger partial charge is 0.120 e. The normalized spacial score (nSPS) is 10.2. The maximum absolute atomic E-state index is 5.48. The Kier molecular flexibility index (Phi) is 2.90. The molecule has 1 aromatic carbocycles. The molecule has 0 amide bonds. The van der Waals surface area contributed by atoms with Crippen LogP contribution in [0, 0.1) is 0 Å². The molecule has 1 aromatic rings. The lowest BCUT2D eigenvalue weighted by atomic mass is 10.3. The van der Waals surface area contributed by atoms with Crippen molar-refractivity contribution in [3.63, 3.8) is 0 Å². The van der Waals surface area contributed by atoms with Crippen LogP contribution >= 0.6 is 9.24 Å². The van der Waals surface area contributed by atoms with Crippen molar-refractivity contribution in [2.45, 2.75) is 20.0 Å². The molecule has 0 radical (unpaired) electrons. The van der Waals surface area contributed by atoms with Gasteiger partial charge in [-0.3, -0.25) is 0 Å². The molecule has 0 bridgehead atoms. The maximum Gasteiger partial charge on any atom is 0.120 e. The summed E-state index contributed by atoms with van der Waals surface area (Å²) in [4.78, 5) is 0. The highest BCUT2D eigenvalue weighted by Crippen LogP contribution is 2.10. The molecular formula is C9H13OP. The van der Waals surface area contributed by atoms with E-state index in [4.69, 9.17) is 4.74 Å². The van der Waals surface area contributed by atoms with Crippen molar-refractivity contribution < 1.29 is 4.74 Å². The summed E-state index contributed by atoms with van der Waals surface area (Å²) in [5.41, 5.74) is 0. The van der Waals surface area contributed by atoms with Gasteiger partial charge in [-0.25, -0.2) is 0 Å². The lowest BCUT2D eigenvalue weighted by molar-refractivity contribution is 0.242. The molecule has 0 aliphatic rings. The molecule has 0 fully saturated rings. The minimum Gasteiger partial charge on any atom is -0.491 e. The van der Waals surface area contributed by atoms with Crippen LogP contribution < -0.4 is 10.0 Å². The van der Waals surface area contributed by atoms with E-state index in [0.29, 0.717) is 0 Å². The molecule has 60 valence electrons. The van der Waals surface area contributed by atoms with Gasteiger partial charge in [0.2, 0.25) is 0 Å². The summed E-state index contributed by atoms with van der Waals surface area (Å²) in [6, 6.07) is 7.98. The lowest BCUT2D eigenvalue weighted by Crippen LogP contribution is -2.06. The summed E-state index contributed by atoms with van der Waals surface area (Å²) >= 11 is 0. The van der Waals surface area contributed by atoms with E-state index in [1.54, 1.807) is 0 Å². The fourth-order valence-electron chi connectivity index (χ4n) is 0.860. The Morgan fingerprint density at radius 3 is 2.64 bits per heavy atom. The summed E-state index contributed by atoms with van der Waals surface area (Å²) < 4.78 is 5.48. The monoisotopic (exact) mass is 168 g/mol. The van der Waals surface area contributed by atoms with Crippen LogP contribution in [0.25, 0.3) is 0 Å². The fraction of sp³-hybridized carbons (Fsp3) is 0.333. The third-order valence-electron chi connectivity index (χ3n) is 1.23. The molecule has 11 heavy (non-hydrogen) atoms. The maximum atomic E-state index is 5.48. The Bertz CT molecular complexity index is 233. The van der Waals surface area contributed by atoms with E-state index >= 15 is 0 Å². The van der Waals surface area contributed by atoms with Gasteiger partial charge in [0.05, 0.1) is 6.10 Å². The van der Waals surface area contributed by atoms with Gasteiger partial charge in [-0.15, -0.1) is 9.24 Å². The first kappa shape index (κ1) is 8.55. The predicted molar refractivity (Wildman–Crippen MR) is 51.6 cm³/mol. The second-order valence-electron chi connectivity index (χ2n) is 2.74. The van der Waals surface area contributed by atoms with Gasteiger partial charge in [-0.05, 0) is 31.3 Å². The molecule has 1 atom stereocenters. The number of benzene rings is 1. The van der Waals surface area contributed by atoms with Crippen LogP contribution in [0.4, 0.5) is 0 Å². The summed E-state index contributed by atoms with van der Waals surface area (Å²) in [6.07, 6.45) is 0.252. The molecule has 0 aliphatic carbocycles. The second kappa shape index (κ2) is 3.73. The average Bonchev–Trinajstić information content (AvgIpc) is 1.85. The van der Waals surface area contributed by atoms with Crippen LogP contribution in [-0.2, 0) is 0 Å². The van der Waals surface area contributed by atoms with Crippen LogP contribution in [-0.4, -0.2) is 6.10 Å². The third kappa shape index (κ3) is 2.90. The first-order valence-electron chi connectivity index (χ1n) is 3.70. The number of hydrogen-bond donors (Lipinski definition) is 0. The number of ether oxygens (including phenoxy) is 1. The summed E-state index contributed by atoms with van der Waals surface area (Å²) in [5, 5.41) is 1.16. The van der Waals surface area contributed by atoms with E-state index in [1.165, 1.54) is 0 Å².